The largest absolute Gasteiger partial charge is 0.481 e. The Kier molecular flexibility index (Phi) is 5.44. The first kappa shape index (κ1) is 21.9. The molecule has 1 fully saturated rings. The number of carboxylic acid groups (broad SMARTS) is 1. The van der Waals surface area contributed by atoms with E-state index in [-0.39, 0.29) is 18.7 Å². The molecule has 0 spiro atoms. The summed E-state index contributed by atoms with van der Waals surface area (Å²) in [5.74, 6) is -1.79. The van der Waals surface area contributed by atoms with Crippen molar-refractivity contribution >= 4 is 34.6 Å². The van der Waals surface area contributed by atoms with Crippen LogP contribution in [0.3, 0.4) is 0 Å². The van der Waals surface area contributed by atoms with Crippen LogP contribution < -0.4 is 0 Å². The number of oxime groups is 1. The molecular formula is C23H27N3O6. The fourth-order valence-corrected chi connectivity index (χ4v) is 4.49. The van der Waals surface area contributed by atoms with E-state index < -0.39 is 29.4 Å². The van der Waals surface area contributed by atoms with Crippen LogP contribution in [0.1, 0.15) is 50.0 Å². The van der Waals surface area contributed by atoms with Gasteiger partial charge in [-0.3, -0.25) is 14.5 Å². The topological polar surface area (TPSA) is 124 Å². The lowest BCUT2D eigenvalue weighted by atomic mass is 9.93. The number of urea groups is 1. The maximum atomic E-state index is 12.7. The zero-order valence-corrected chi connectivity index (χ0v) is 18.4. The molecule has 2 N–H and O–H groups in total. The molecule has 2 heterocycles. The van der Waals surface area contributed by atoms with Gasteiger partial charge in [0.15, 0.2) is 0 Å². The molecule has 32 heavy (non-hydrogen) atoms. The van der Waals surface area contributed by atoms with Crippen molar-refractivity contribution in [3.63, 3.8) is 0 Å². The van der Waals surface area contributed by atoms with Gasteiger partial charge in [-0.05, 0) is 39.2 Å². The molecule has 4 rings (SSSR count). The van der Waals surface area contributed by atoms with Crippen LogP contribution in [0, 0.1) is 5.92 Å². The van der Waals surface area contributed by atoms with E-state index in [0.29, 0.717) is 11.1 Å². The fourth-order valence-electron chi connectivity index (χ4n) is 4.49. The molecule has 3 amide bonds. The fraction of sp³-hybridized carbons (Fsp3) is 0.478. The van der Waals surface area contributed by atoms with E-state index in [9.17, 15) is 24.7 Å². The lowest BCUT2D eigenvalue weighted by Gasteiger charge is -2.22. The Balaban J connectivity index is 1.58. The van der Waals surface area contributed by atoms with Crippen molar-refractivity contribution in [2.45, 2.75) is 51.5 Å². The Labute approximate surface area is 185 Å². The van der Waals surface area contributed by atoms with Crippen LogP contribution in [0.5, 0.6) is 0 Å². The molecule has 0 bridgehead atoms. The van der Waals surface area contributed by atoms with Crippen LogP contribution in [0.15, 0.2) is 27.8 Å². The Morgan fingerprint density at radius 2 is 1.97 bits per heavy atom. The number of nitrogens with zero attached hydrogens (tertiary/aromatic N) is 3. The number of amides is 3. The van der Waals surface area contributed by atoms with E-state index in [4.69, 9.17) is 4.42 Å². The molecule has 1 aromatic carbocycles. The van der Waals surface area contributed by atoms with Gasteiger partial charge >= 0.3 is 12.0 Å². The number of carboxylic acids is 1. The average molecular weight is 441 g/mol. The average Bonchev–Trinajstić information content (AvgIpc) is 3.21. The van der Waals surface area contributed by atoms with Gasteiger partial charge in [-0.1, -0.05) is 17.3 Å². The smallest absolute Gasteiger partial charge is 0.327 e. The summed E-state index contributed by atoms with van der Waals surface area (Å²) in [6, 6.07) is 4.90. The zero-order valence-electron chi connectivity index (χ0n) is 18.4. The summed E-state index contributed by atoms with van der Waals surface area (Å²) in [6.07, 6.45) is 3.91. The first-order valence-electron chi connectivity index (χ1n) is 10.7. The SMILES string of the molecule is CN1C(=O)N(C[C@@H](CC(=NO)c2ccc3c4c(oc3c2)CCCC4)C(=O)O)C(=O)C1(C)C. The summed E-state index contributed by atoms with van der Waals surface area (Å²) >= 11 is 0. The van der Waals surface area contributed by atoms with Crippen LogP contribution in [-0.2, 0) is 22.4 Å². The normalized spacial score (nSPS) is 19.5. The van der Waals surface area contributed by atoms with Gasteiger partial charge in [0.1, 0.15) is 16.9 Å². The monoisotopic (exact) mass is 441 g/mol. The van der Waals surface area contributed by atoms with Crippen molar-refractivity contribution in [2.24, 2.45) is 11.1 Å². The zero-order chi connectivity index (χ0) is 23.2. The highest BCUT2D eigenvalue weighted by Crippen LogP contribution is 2.33. The van der Waals surface area contributed by atoms with E-state index in [0.717, 1.165) is 41.7 Å². The highest BCUT2D eigenvalue weighted by molar-refractivity contribution is 6.07. The van der Waals surface area contributed by atoms with Gasteiger partial charge in [-0.25, -0.2) is 4.79 Å². The van der Waals surface area contributed by atoms with Gasteiger partial charge in [0.2, 0.25) is 0 Å². The predicted octanol–water partition coefficient (Wildman–Crippen LogP) is 3.25. The maximum Gasteiger partial charge on any atom is 0.327 e. The quantitative estimate of drug-likeness (QED) is 0.307. The van der Waals surface area contributed by atoms with Gasteiger partial charge in [-0.15, -0.1) is 0 Å². The molecule has 1 atom stereocenters. The molecule has 1 aliphatic carbocycles. The molecule has 9 nitrogen and oxygen atoms in total. The number of hydrogen-bond donors (Lipinski definition) is 2. The Morgan fingerprint density at radius 3 is 2.59 bits per heavy atom. The van der Waals surface area contributed by atoms with Crippen molar-refractivity contribution in [3.05, 3.63) is 35.1 Å². The number of carbonyl (C=O) groups excluding carboxylic acids is 2. The van der Waals surface area contributed by atoms with Crippen molar-refractivity contribution < 1.29 is 29.1 Å². The number of imide groups is 1. The summed E-state index contributed by atoms with van der Waals surface area (Å²) in [5.41, 5.74) is 1.53. The van der Waals surface area contributed by atoms with Gasteiger partial charge in [0.05, 0.1) is 11.6 Å². The Hall–Kier alpha value is -3.36. The van der Waals surface area contributed by atoms with Gasteiger partial charge in [-0.2, -0.15) is 0 Å². The number of aliphatic carboxylic acids is 1. The van der Waals surface area contributed by atoms with E-state index in [1.165, 1.54) is 17.5 Å². The van der Waals surface area contributed by atoms with Crippen molar-refractivity contribution in [2.75, 3.05) is 13.6 Å². The van der Waals surface area contributed by atoms with Gasteiger partial charge in [0, 0.05) is 42.9 Å². The highest BCUT2D eigenvalue weighted by Gasteiger charge is 2.50. The van der Waals surface area contributed by atoms with E-state index in [1.54, 1.807) is 26.0 Å². The van der Waals surface area contributed by atoms with Crippen molar-refractivity contribution in [3.8, 4) is 0 Å². The molecule has 0 radical (unpaired) electrons. The summed E-state index contributed by atoms with van der Waals surface area (Å²) in [7, 11) is 1.51. The van der Waals surface area contributed by atoms with E-state index in [1.807, 2.05) is 6.07 Å². The highest BCUT2D eigenvalue weighted by atomic mass is 16.4. The third-order valence-electron chi connectivity index (χ3n) is 6.73. The second-order valence-electron chi connectivity index (χ2n) is 9.02. The van der Waals surface area contributed by atoms with Crippen LogP contribution in [0.4, 0.5) is 4.79 Å². The lowest BCUT2D eigenvalue weighted by Crippen LogP contribution is -2.42. The molecule has 0 saturated carbocycles. The lowest BCUT2D eigenvalue weighted by molar-refractivity contribution is -0.142. The summed E-state index contributed by atoms with van der Waals surface area (Å²) in [6.45, 7) is 2.92. The summed E-state index contributed by atoms with van der Waals surface area (Å²) < 4.78 is 5.99. The second-order valence-corrected chi connectivity index (χ2v) is 9.02. The van der Waals surface area contributed by atoms with Gasteiger partial charge < -0.3 is 19.6 Å². The molecule has 0 unspecified atom stereocenters. The van der Waals surface area contributed by atoms with Crippen LogP contribution in [0.25, 0.3) is 11.0 Å². The summed E-state index contributed by atoms with van der Waals surface area (Å²) in [5, 5.41) is 23.8. The Morgan fingerprint density at radius 1 is 1.25 bits per heavy atom. The third-order valence-corrected chi connectivity index (χ3v) is 6.73. The number of carbonyl (C=O) groups is 3. The number of benzene rings is 1. The number of rotatable bonds is 6. The van der Waals surface area contributed by atoms with Gasteiger partial charge in [0.25, 0.3) is 5.91 Å². The number of furan rings is 1. The van der Waals surface area contributed by atoms with E-state index in [2.05, 4.69) is 5.16 Å². The second kappa shape index (κ2) is 7.96. The number of hydrogen-bond acceptors (Lipinski definition) is 6. The third kappa shape index (κ3) is 3.51. The number of likely N-dealkylation sites (N-methyl/N-ethyl adjacent to an activating group) is 1. The number of aryl methyl sites for hydroxylation is 2. The van der Waals surface area contributed by atoms with Crippen LogP contribution >= 0.6 is 0 Å². The predicted molar refractivity (Wildman–Crippen MR) is 116 cm³/mol. The molecule has 1 saturated heterocycles. The standard InChI is InChI=1S/C23H27N3O6/c1-23(2)21(29)26(22(30)25(23)3)12-14(20(27)28)10-17(24-31)13-8-9-16-15-6-4-5-7-18(15)32-19(16)11-13/h8-9,11,14,31H,4-7,10,12H2,1-3H3,(H,27,28)/t14-/m1/s1. The minimum absolute atomic E-state index is 0.153. The molecular weight excluding hydrogens is 414 g/mol. The molecule has 1 aliphatic heterocycles. The Bertz CT molecular complexity index is 1130. The molecule has 2 aliphatic rings. The molecule has 170 valence electrons. The van der Waals surface area contributed by atoms with Crippen molar-refractivity contribution in [1.82, 2.24) is 9.80 Å². The van der Waals surface area contributed by atoms with E-state index >= 15 is 0 Å². The first-order valence-corrected chi connectivity index (χ1v) is 10.7. The molecule has 9 heteroatoms. The van der Waals surface area contributed by atoms with Crippen LogP contribution in [-0.4, -0.2) is 62.9 Å². The minimum atomic E-state index is -1.19. The van der Waals surface area contributed by atoms with Crippen molar-refractivity contribution in [1.29, 1.82) is 0 Å². The molecule has 1 aromatic heterocycles. The number of fused-ring (bicyclic) bond motifs is 3. The molecule has 2 aromatic rings. The minimum Gasteiger partial charge on any atom is -0.481 e. The maximum absolute atomic E-state index is 12.7. The van der Waals surface area contributed by atoms with Crippen LogP contribution in [0.2, 0.25) is 0 Å². The summed E-state index contributed by atoms with van der Waals surface area (Å²) in [4.78, 5) is 39.4. The first-order chi connectivity index (χ1) is 15.1.